The smallest absolute Gasteiger partial charge is 0.279 e. The Kier molecular flexibility index (Phi) is 5.05. The first kappa shape index (κ1) is 17.8. The van der Waals surface area contributed by atoms with Crippen molar-refractivity contribution < 1.29 is 22.7 Å². The van der Waals surface area contributed by atoms with Crippen LogP contribution in [0.1, 0.15) is 0 Å². The summed E-state index contributed by atoms with van der Waals surface area (Å²) in [7, 11) is -4.10. The van der Waals surface area contributed by atoms with Gasteiger partial charge in [0.25, 0.3) is 15.9 Å². The van der Waals surface area contributed by atoms with Crippen LogP contribution < -0.4 is 19.7 Å². The first-order valence-electron chi connectivity index (χ1n) is 7.02. The standard InChI is InChI=1S/C15H12Cl2N2O5S/c16-9-5-6-10(17)14(7-9)25(21,22)19-18-15(20)13-8-23-11-3-1-2-4-12(11)24-13/h1-7,13,19H,8H2,(H,18,20)/t13-/m0/s1. The number of sulfonamides is 1. The molecule has 0 saturated carbocycles. The Labute approximate surface area is 153 Å². The summed E-state index contributed by atoms with van der Waals surface area (Å²) < 4.78 is 35.4. The molecule has 10 heteroatoms. The third kappa shape index (κ3) is 3.98. The number of benzene rings is 2. The van der Waals surface area contributed by atoms with E-state index in [4.69, 9.17) is 32.7 Å². The van der Waals surface area contributed by atoms with Gasteiger partial charge in [-0.3, -0.25) is 10.2 Å². The number of fused-ring (bicyclic) bond motifs is 1. The highest BCUT2D eigenvalue weighted by atomic mass is 35.5. The molecule has 25 heavy (non-hydrogen) atoms. The van der Waals surface area contributed by atoms with Crippen molar-refractivity contribution in [3.63, 3.8) is 0 Å². The molecule has 1 amide bonds. The number of hydrogen-bond acceptors (Lipinski definition) is 5. The SMILES string of the molecule is O=C(NNS(=O)(=O)c1cc(Cl)ccc1Cl)[C@@H]1COc2ccccc2O1. The second-order valence-electron chi connectivity index (χ2n) is 5.03. The normalized spacial score (nSPS) is 16.3. The van der Waals surface area contributed by atoms with Gasteiger partial charge in [0, 0.05) is 5.02 Å². The third-order valence-electron chi connectivity index (χ3n) is 3.29. The summed E-state index contributed by atoms with van der Waals surface area (Å²) >= 11 is 11.6. The highest BCUT2D eigenvalue weighted by Gasteiger charge is 2.28. The van der Waals surface area contributed by atoms with E-state index in [2.05, 4.69) is 5.43 Å². The van der Waals surface area contributed by atoms with Crippen molar-refractivity contribution in [2.24, 2.45) is 0 Å². The van der Waals surface area contributed by atoms with Crippen LogP contribution in [-0.4, -0.2) is 27.0 Å². The monoisotopic (exact) mass is 402 g/mol. The maximum absolute atomic E-state index is 12.2. The molecule has 0 spiro atoms. The molecule has 1 atom stereocenters. The third-order valence-corrected chi connectivity index (χ3v) is 5.26. The number of hydrazine groups is 1. The topological polar surface area (TPSA) is 93.7 Å². The number of carbonyl (C=O) groups is 1. The Morgan fingerprint density at radius 3 is 2.60 bits per heavy atom. The van der Waals surface area contributed by atoms with Gasteiger partial charge in [-0.15, -0.1) is 4.83 Å². The fourth-order valence-corrected chi connectivity index (χ4v) is 3.70. The maximum Gasteiger partial charge on any atom is 0.279 e. The molecule has 3 rings (SSSR count). The molecule has 0 bridgehead atoms. The van der Waals surface area contributed by atoms with E-state index in [9.17, 15) is 13.2 Å². The first-order chi connectivity index (χ1) is 11.9. The molecule has 2 aromatic rings. The molecule has 2 N–H and O–H groups in total. The van der Waals surface area contributed by atoms with Gasteiger partial charge in [-0.25, -0.2) is 8.42 Å². The Morgan fingerprint density at radius 2 is 1.84 bits per heavy atom. The fraction of sp³-hybridized carbons (Fsp3) is 0.133. The Bertz CT molecular complexity index is 920. The number of amides is 1. The van der Waals surface area contributed by atoms with Crippen molar-refractivity contribution in [3.8, 4) is 11.5 Å². The summed E-state index contributed by atoms with van der Waals surface area (Å²) in [4.78, 5) is 13.8. The van der Waals surface area contributed by atoms with E-state index >= 15 is 0 Å². The van der Waals surface area contributed by atoms with Crippen LogP contribution in [-0.2, 0) is 14.8 Å². The van der Waals surface area contributed by atoms with Gasteiger partial charge in [-0.2, -0.15) is 0 Å². The number of rotatable bonds is 4. The zero-order valence-corrected chi connectivity index (χ0v) is 14.9. The summed E-state index contributed by atoms with van der Waals surface area (Å²) in [5.41, 5.74) is 2.09. The molecule has 0 saturated heterocycles. The lowest BCUT2D eigenvalue weighted by Crippen LogP contribution is -2.50. The molecule has 132 valence electrons. The number of nitrogens with one attached hydrogen (secondary N) is 2. The zero-order chi connectivity index (χ0) is 18.0. The van der Waals surface area contributed by atoms with Crippen LogP contribution in [0.5, 0.6) is 11.5 Å². The molecule has 0 fully saturated rings. The van der Waals surface area contributed by atoms with Gasteiger partial charge < -0.3 is 9.47 Å². The van der Waals surface area contributed by atoms with Crippen LogP contribution >= 0.6 is 23.2 Å². The molecule has 0 unspecified atom stereocenters. The molecule has 0 aliphatic carbocycles. The Hall–Kier alpha value is -2.00. The van der Waals surface area contributed by atoms with Crippen molar-refractivity contribution in [2.45, 2.75) is 11.0 Å². The lowest BCUT2D eigenvalue weighted by atomic mass is 10.2. The van der Waals surface area contributed by atoms with E-state index in [-0.39, 0.29) is 21.5 Å². The molecule has 0 aromatic heterocycles. The highest BCUT2D eigenvalue weighted by molar-refractivity contribution is 7.89. The molecule has 2 aromatic carbocycles. The lowest BCUT2D eigenvalue weighted by molar-refractivity contribution is -0.130. The second kappa shape index (κ2) is 7.09. The largest absolute Gasteiger partial charge is 0.485 e. The van der Waals surface area contributed by atoms with Gasteiger partial charge in [0.05, 0.1) is 5.02 Å². The predicted octanol–water partition coefficient (Wildman–Crippen LogP) is 2.14. The molecular formula is C15H12Cl2N2O5S. The van der Waals surface area contributed by atoms with Gasteiger partial charge >= 0.3 is 0 Å². The van der Waals surface area contributed by atoms with Crippen molar-refractivity contribution in [2.75, 3.05) is 6.61 Å². The van der Waals surface area contributed by atoms with E-state index in [0.717, 1.165) is 0 Å². The van der Waals surface area contributed by atoms with Crippen LogP contribution in [0.4, 0.5) is 0 Å². The molecule has 1 heterocycles. The van der Waals surface area contributed by atoms with E-state index in [1.807, 2.05) is 4.83 Å². The molecule has 1 aliphatic heterocycles. The number of ether oxygens (including phenoxy) is 2. The minimum Gasteiger partial charge on any atom is -0.485 e. The molecule has 7 nitrogen and oxygen atoms in total. The number of halogens is 2. The maximum atomic E-state index is 12.2. The fourth-order valence-electron chi connectivity index (χ4n) is 2.08. The zero-order valence-electron chi connectivity index (χ0n) is 12.5. The summed E-state index contributed by atoms with van der Waals surface area (Å²) in [5.74, 6) is 0.198. The van der Waals surface area contributed by atoms with Gasteiger partial charge in [-0.05, 0) is 30.3 Å². The summed E-state index contributed by atoms with van der Waals surface area (Å²) in [6.45, 7) is -0.0531. The average Bonchev–Trinajstić information content (AvgIpc) is 2.61. The summed E-state index contributed by atoms with van der Waals surface area (Å²) in [5, 5.41) is 0.161. The van der Waals surface area contributed by atoms with Gasteiger partial charge in [-0.1, -0.05) is 35.3 Å². The summed E-state index contributed by atoms with van der Waals surface area (Å²) in [6.07, 6.45) is -1.01. The van der Waals surface area contributed by atoms with E-state index in [1.165, 1.54) is 18.2 Å². The van der Waals surface area contributed by atoms with Crippen LogP contribution in [0.3, 0.4) is 0 Å². The summed E-state index contributed by atoms with van der Waals surface area (Å²) in [6, 6.07) is 10.8. The second-order valence-corrected chi connectivity index (χ2v) is 7.53. The molecular weight excluding hydrogens is 391 g/mol. The molecule has 0 radical (unpaired) electrons. The van der Waals surface area contributed by atoms with Gasteiger partial charge in [0.15, 0.2) is 11.5 Å². The van der Waals surface area contributed by atoms with Gasteiger partial charge in [0.2, 0.25) is 6.10 Å². The number of carbonyl (C=O) groups excluding carboxylic acids is 1. The minimum absolute atomic E-state index is 0.0303. The molecule has 1 aliphatic rings. The van der Waals surface area contributed by atoms with Gasteiger partial charge in [0.1, 0.15) is 11.5 Å². The van der Waals surface area contributed by atoms with E-state index in [1.54, 1.807) is 24.3 Å². The minimum atomic E-state index is -4.10. The van der Waals surface area contributed by atoms with Crippen molar-refractivity contribution in [3.05, 3.63) is 52.5 Å². The van der Waals surface area contributed by atoms with E-state index in [0.29, 0.717) is 11.5 Å². The van der Waals surface area contributed by atoms with Crippen LogP contribution in [0.15, 0.2) is 47.4 Å². The van der Waals surface area contributed by atoms with E-state index < -0.39 is 22.0 Å². The quantitative estimate of drug-likeness (QED) is 0.764. The van der Waals surface area contributed by atoms with Crippen molar-refractivity contribution in [1.82, 2.24) is 10.3 Å². The van der Waals surface area contributed by atoms with Crippen molar-refractivity contribution >= 4 is 39.1 Å². The number of para-hydroxylation sites is 2. The Balaban J connectivity index is 1.67. The lowest BCUT2D eigenvalue weighted by Gasteiger charge is -2.25. The number of hydrogen-bond donors (Lipinski definition) is 2. The predicted molar refractivity (Wildman–Crippen MR) is 91.3 cm³/mol. The Morgan fingerprint density at radius 1 is 1.12 bits per heavy atom. The van der Waals surface area contributed by atoms with Crippen LogP contribution in [0.2, 0.25) is 10.0 Å². The van der Waals surface area contributed by atoms with Crippen LogP contribution in [0, 0.1) is 0 Å². The average molecular weight is 403 g/mol. The van der Waals surface area contributed by atoms with Crippen molar-refractivity contribution in [1.29, 1.82) is 0 Å². The highest BCUT2D eigenvalue weighted by Crippen LogP contribution is 2.30. The first-order valence-corrected chi connectivity index (χ1v) is 9.26. The van der Waals surface area contributed by atoms with Crippen LogP contribution in [0.25, 0.3) is 0 Å².